The maximum absolute atomic E-state index is 12.9. The van der Waals surface area contributed by atoms with Gasteiger partial charge in [0.15, 0.2) is 24.5 Å². The van der Waals surface area contributed by atoms with Crippen LogP contribution in [0.1, 0.15) is 28.4 Å². The van der Waals surface area contributed by atoms with Crippen molar-refractivity contribution in [1.29, 1.82) is 0 Å². The Morgan fingerprint density at radius 3 is 2.25 bits per heavy atom. The number of ketones is 1. The van der Waals surface area contributed by atoms with Crippen LogP contribution in [-0.2, 0) is 23.7 Å². The number of Topliss-reactive ketones (excluding diaryl/α,β-unsaturated/α-hetero) is 1. The number of carbonyl (C=O) groups is 1. The van der Waals surface area contributed by atoms with E-state index in [9.17, 15) is 50.8 Å². The first-order valence-corrected chi connectivity index (χ1v) is 15.2. The molecule has 4 heterocycles. The lowest BCUT2D eigenvalue weighted by Gasteiger charge is -2.42. The highest BCUT2D eigenvalue weighted by molar-refractivity contribution is 6.02. The van der Waals surface area contributed by atoms with Crippen LogP contribution in [0, 0.1) is 0 Å². The standard InChI is InChI=1S/C31H38O17/c32-9-20-22(36)23(37)24(48-29-26(39)31(41,13-44-29)12-43-28-25(38)30(40,10-33)11-42-28)27(47-20)45-15-6-16(34)21-17(35)8-18(46-19(21)7-15)14-4-2-1-3-5-14/h1-7,18,20,22-29,32-34,36-41H,8-13H2. The summed E-state index contributed by atoms with van der Waals surface area (Å²) in [5, 5.41) is 93.7. The summed E-state index contributed by atoms with van der Waals surface area (Å²) in [6.07, 6.45) is -15.4. The Morgan fingerprint density at radius 2 is 1.56 bits per heavy atom. The third-order valence-electron chi connectivity index (χ3n) is 8.90. The number of phenolic OH excluding ortho intramolecular Hbond substituents is 1. The predicted molar refractivity (Wildman–Crippen MR) is 155 cm³/mol. The Morgan fingerprint density at radius 1 is 0.875 bits per heavy atom. The van der Waals surface area contributed by atoms with Gasteiger partial charge in [0.05, 0.1) is 39.5 Å². The van der Waals surface area contributed by atoms with Gasteiger partial charge in [0.25, 0.3) is 0 Å². The van der Waals surface area contributed by atoms with Crippen molar-refractivity contribution >= 4 is 5.78 Å². The molecular weight excluding hydrogens is 644 g/mol. The average Bonchev–Trinajstić information content (AvgIpc) is 3.53. The van der Waals surface area contributed by atoms with E-state index in [-0.39, 0.29) is 29.3 Å². The molecular formula is C31H38O17. The molecule has 0 bridgehead atoms. The Bertz CT molecular complexity index is 1440. The Labute approximate surface area is 273 Å². The summed E-state index contributed by atoms with van der Waals surface area (Å²) in [7, 11) is 0. The predicted octanol–water partition coefficient (Wildman–Crippen LogP) is -2.79. The Kier molecular flexibility index (Phi) is 9.95. The molecule has 2 aromatic rings. The van der Waals surface area contributed by atoms with Crippen molar-refractivity contribution in [2.75, 3.05) is 33.0 Å². The van der Waals surface area contributed by atoms with Crippen LogP contribution >= 0.6 is 0 Å². The van der Waals surface area contributed by atoms with E-state index in [1.165, 1.54) is 6.07 Å². The maximum atomic E-state index is 12.9. The van der Waals surface area contributed by atoms with Gasteiger partial charge in [-0.1, -0.05) is 30.3 Å². The van der Waals surface area contributed by atoms with Crippen molar-refractivity contribution in [1.82, 2.24) is 0 Å². The van der Waals surface area contributed by atoms with Crippen LogP contribution in [0.15, 0.2) is 42.5 Å². The second-order valence-corrected chi connectivity index (χ2v) is 12.3. The lowest BCUT2D eigenvalue weighted by Crippen LogP contribution is -2.62. The van der Waals surface area contributed by atoms with Gasteiger partial charge >= 0.3 is 0 Å². The first-order valence-electron chi connectivity index (χ1n) is 15.2. The first-order chi connectivity index (χ1) is 22.9. The highest BCUT2D eigenvalue weighted by atomic mass is 16.8. The quantitative estimate of drug-likeness (QED) is 0.123. The van der Waals surface area contributed by atoms with Crippen LogP contribution in [0.25, 0.3) is 0 Å². The van der Waals surface area contributed by atoms with Gasteiger partial charge in [-0.05, 0) is 5.56 Å². The van der Waals surface area contributed by atoms with Gasteiger partial charge in [-0.15, -0.1) is 0 Å². The number of benzene rings is 2. The van der Waals surface area contributed by atoms with Gasteiger partial charge in [0, 0.05) is 12.1 Å². The van der Waals surface area contributed by atoms with E-state index in [4.69, 9.17) is 33.2 Å². The smallest absolute Gasteiger partial charge is 0.229 e. The van der Waals surface area contributed by atoms with Gasteiger partial charge < -0.3 is 79.1 Å². The number of ether oxygens (including phenoxy) is 7. The lowest BCUT2D eigenvalue weighted by molar-refractivity contribution is -0.319. The molecule has 0 aliphatic carbocycles. The molecule has 0 spiro atoms. The van der Waals surface area contributed by atoms with Crippen LogP contribution in [0.5, 0.6) is 17.2 Å². The average molecular weight is 683 g/mol. The van der Waals surface area contributed by atoms with Crippen LogP contribution < -0.4 is 9.47 Å². The summed E-state index contributed by atoms with van der Waals surface area (Å²) >= 11 is 0. The number of fused-ring (bicyclic) bond motifs is 1. The molecule has 0 saturated carbocycles. The molecule has 3 saturated heterocycles. The van der Waals surface area contributed by atoms with Crippen LogP contribution in [0.2, 0.25) is 0 Å². The highest BCUT2D eigenvalue weighted by Crippen LogP contribution is 2.43. The summed E-state index contributed by atoms with van der Waals surface area (Å²) < 4.78 is 39.3. The minimum absolute atomic E-state index is 0.0103. The number of phenols is 1. The SMILES string of the molecule is O=C1CC(c2ccccc2)Oc2cc(OC3OC(CO)C(O)C(O)C3OC3OCC(O)(COC4OCC(O)(CO)C4O)C3O)cc(O)c21. The highest BCUT2D eigenvalue weighted by Gasteiger charge is 2.55. The molecule has 0 aromatic heterocycles. The fraction of sp³-hybridized carbons (Fsp3) is 0.581. The van der Waals surface area contributed by atoms with E-state index in [0.717, 1.165) is 11.6 Å². The number of hydrogen-bond donors (Lipinski definition) is 9. The van der Waals surface area contributed by atoms with Crippen LogP contribution in [-0.4, -0.2) is 151 Å². The fourth-order valence-corrected chi connectivity index (χ4v) is 5.98. The lowest BCUT2D eigenvalue weighted by atomic mass is 9.95. The Balaban J connectivity index is 1.18. The summed E-state index contributed by atoms with van der Waals surface area (Å²) in [6, 6.07) is 11.4. The van der Waals surface area contributed by atoms with E-state index in [2.05, 4.69) is 0 Å². The van der Waals surface area contributed by atoms with Gasteiger partial charge in [0.1, 0.15) is 70.6 Å². The minimum Gasteiger partial charge on any atom is -0.507 e. The van der Waals surface area contributed by atoms with Gasteiger partial charge in [-0.2, -0.15) is 0 Å². The molecule has 12 atom stereocenters. The number of aliphatic hydroxyl groups excluding tert-OH is 6. The summed E-state index contributed by atoms with van der Waals surface area (Å²) in [5.74, 6) is -0.927. The third-order valence-corrected chi connectivity index (χ3v) is 8.90. The van der Waals surface area contributed by atoms with Crippen molar-refractivity contribution in [3.63, 3.8) is 0 Å². The third kappa shape index (κ3) is 6.50. The second-order valence-electron chi connectivity index (χ2n) is 12.3. The molecule has 2 aromatic carbocycles. The number of aliphatic hydroxyl groups is 8. The van der Waals surface area contributed by atoms with E-state index in [1.54, 1.807) is 24.3 Å². The largest absolute Gasteiger partial charge is 0.507 e. The zero-order chi connectivity index (χ0) is 34.4. The molecule has 0 radical (unpaired) electrons. The van der Waals surface area contributed by atoms with Crippen molar-refractivity contribution in [2.45, 2.75) is 79.2 Å². The number of hydrogen-bond acceptors (Lipinski definition) is 17. The molecule has 17 nitrogen and oxygen atoms in total. The zero-order valence-corrected chi connectivity index (χ0v) is 25.3. The van der Waals surface area contributed by atoms with Crippen molar-refractivity contribution in [3.05, 3.63) is 53.6 Å². The molecule has 6 rings (SSSR count). The van der Waals surface area contributed by atoms with Gasteiger partial charge in [-0.25, -0.2) is 0 Å². The van der Waals surface area contributed by atoms with Crippen molar-refractivity contribution < 1.29 is 83.9 Å². The van der Waals surface area contributed by atoms with Crippen LogP contribution in [0.4, 0.5) is 0 Å². The van der Waals surface area contributed by atoms with E-state index in [0.29, 0.717) is 0 Å². The topological polar surface area (TPSA) is 264 Å². The monoisotopic (exact) mass is 682 g/mol. The van der Waals surface area contributed by atoms with Gasteiger partial charge in [0.2, 0.25) is 6.29 Å². The molecule has 9 N–H and O–H groups in total. The molecule has 4 aliphatic heterocycles. The molecule has 48 heavy (non-hydrogen) atoms. The minimum atomic E-state index is -2.15. The summed E-state index contributed by atoms with van der Waals surface area (Å²) in [6.45, 7) is -3.27. The van der Waals surface area contributed by atoms with Crippen LogP contribution in [0.3, 0.4) is 0 Å². The normalized spacial score (nSPS) is 39.6. The molecule has 17 heteroatoms. The number of aromatic hydroxyl groups is 1. The number of carbonyl (C=O) groups excluding carboxylic acids is 1. The first kappa shape index (κ1) is 34.8. The molecule has 4 aliphatic rings. The summed E-state index contributed by atoms with van der Waals surface area (Å²) in [4.78, 5) is 12.9. The van der Waals surface area contributed by atoms with E-state index in [1.807, 2.05) is 6.07 Å². The maximum Gasteiger partial charge on any atom is 0.229 e. The molecule has 264 valence electrons. The van der Waals surface area contributed by atoms with Crippen molar-refractivity contribution in [3.8, 4) is 17.2 Å². The second kappa shape index (κ2) is 13.7. The molecule has 3 fully saturated rings. The molecule has 0 amide bonds. The number of rotatable bonds is 10. The van der Waals surface area contributed by atoms with E-state index < -0.39 is 112 Å². The molecule has 12 unspecified atom stereocenters. The Hall–Kier alpha value is -3.01. The van der Waals surface area contributed by atoms with E-state index >= 15 is 0 Å². The fourth-order valence-electron chi connectivity index (χ4n) is 5.98. The van der Waals surface area contributed by atoms with Gasteiger partial charge in [-0.3, -0.25) is 4.79 Å². The van der Waals surface area contributed by atoms with Crippen molar-refractivity contribution in [2.24, 2.45) is 0 Å². The zero-order valence-electron chi connectivity index (χ0n) is 25.3. The summed E-state index contributed by atoms with van der Waals surface area (Å²) in [5.41, 5.74) is -3.46.